The van der Waals surface area contributed by atoms with Gasteiger partial charge in [0.25, 0.3) is 0 Å². The first-order valence-corrected chi connectivity index (χ1v) is 4.85. The molecule has 0 aliphatic carbocycles. The second-order valence-electron chi connectivity index (χ2n) is 3.74. The second-order valence-corrected chi connectivity index (χ2v) is 3.74. The van der Waals surface area contributed by atoms with Crippen molar-refractivity contribution in [3.63, 3.8) is 0 Å². The van der Waals surface area contributed by atoms with Gasteiger partial charge in [-0.05, 0) is 11.6 Å². The first kappa shape index (κ1) is 12.3. The van der Waals surface area contributed by atoms with Crippen molar-refractivity contribution in [2.45, 2.75) is 18.6 Å². The second kappa shape index (κ2) is 3.97. The van der Waals surface area contributed by atoms with E-state index in [4.69, 9.17) is 0 Å². The summed E-state index contributed by atoms with van der Waals surface area (Å²) in [7, 11) is 0. The van der Waals surface area contributed by atoms with Crippen molar-refractivity contribution in [2.24, 2.45) is 0 Å². The molecule has 1 aromatic rings. The zero-order chi connectivity index (χ0) is 13.5. The Kier molecular flexibility index (Phi) is 2.72. The lowest BCUT2D eigenvalue weighted by molar-refractivity contribution is -0.307. The lowest BCUT2D eigenvalue weighted by Gasteiger charge is -2.25. The molecule has 0 spiro atoms. The summed E-state index contributed by atoms with van der Waals surface area (Å²) in [5.74, 6) is -4.20. The van der Waals surface area contributed by atoms with Crippen molar-refractivity contribution < 1.29 is 27.9 Å². The largest absolute Gasteiger partial charge is 0.549 e. The Labute approximate surface area is 98.6 Å². The van der Waals surface area contributed by atoms with Gasteiger partial charge < -0.3 is 15.2 Å². The number of alkyl halides is 3. The maximum absolute atomic E-state index is 12.4. The molecule has 96 valence electrons. The van der Waals surface area contributed by atoms with Gasteiger partial charge in [0.2, 0.25) is 5.91 Å². The minimum Gasteiger partial charge on any atom is -0.549 e. The summed E-state index contributed by atoms with van der Waals surface area (Å²) in [5, 5.41) is 13.0. The summed E-state index contributed by atoms with van der Waals surface area (Å²) < 4.78 is 37.3. The zero-order valence-corrected chi connectivity index (χ0v) is 8.75. The first-order valence-electron chi connectivity index (χ1n) is 4.85. The molecule has 1 N–H and O–H groups in total. The van der Waals surface area contributed by atoms with Gasteiger partial charge in [-0.3, -0.25) is 9.78 Å². The van der Waals surface area contributed by atoms with Gasteiger partial charge in [-0.1, -0.05) is 0 Å². The van der Waals surface area contributed by atoms with E-state index < -0.39 is 29.5 Å². The molecule has 5 nitrogen and oxygen atoms in total. The standard InChI is InChI=1S/C10H7F3N2O3/c11-10(12,13)5-1-4-2-15-8(16)6(9(17)18)7(4)14-3-5/h1,3,6H,2H2,(H,15,16)(H,17,18)/p-1. The van der Waals surface area contributed by atoms with E-state index in [1.165, 1.54) is 0 Å². The molecule has 2 rings (SSSR count). The Balaban J connectivity index is 2.50. The van der Waals surface area contributed by atoms with Crippen molar-refractivity contribution in [2.75, 3.05) is 0 Å². The minimum atomic E-state index is -4.57. The lowest BCUT2D eigenvalue weighted by Crippen LogP contribution is -2.44. The van der Waals surface area contributed by atoms with Gasteiger partial charge in [0.15, 0.2) is 0 Å². The van der Waals surface area contributed by atoms with Gasteiger partial charge >= 0.3 is 6.18 Å². The van der Waals surface area contributed by atoms with E-state index in [-0.39, 0.29) is 17.8 Å². The van der Waals surface area contributed by atoms with E-state index >= 15 is 0 Å². The van der Waals surface area contributed by atoms with Crippen LogP contribution in [0.4, 0.5) is 13.2 Å². The van der Waals surface area contributed by atoms with E-state index in [1.54, 1.807) is 0 Å². The molecule has 1 unspecified atom stereocenters. The highest BCUT2D eigenvalue weighted by Gasteiger charge is 2.35. The molecule has 1 atom stereocenters. The lowest BCUT2D eigenvalue weighted by atomic mass is 9.94. The third kappa shape index (κ3) is 2.01. The summed E-state index contributed by atoms with van der Waals surface area (Å²) in [6, 6.07) is 0.776. The summed E-state index contributed by atoms with van der Waals surface area (Å²) in [5.41, 5.74) is -1.17. The van der Waals surface area contributed by atoms with Crippen LogP contribution >= 0.6 is 0 Å². The van der Waals surface area contributed by atoms with E-state index in [0.29, 0.717) is 6.20 Å². The number of nitrogens with zero attached hydrogens (tertiary/aromatic N) is 1. The number of halogens is 3. The monoisotopic (exact) mass is 259 g/mol. The number of fused-ring (bicyclic) bond motifs is 1. The zero-order valence-electron chi connectivity index (χ0n) is 8.75. The Bertz CT molecular complexity index is 528. The molecule has 0 saturated heterocycles. The third-order valence-electron chi connectivity index (χ3n) is 2.55. The Hall–Kier alpha value is -2.12. The van der Waals surface area contributed by atoms with Crippen LogP contribution in [0.2, 0.25) is 0 Å². The molecule has 8 heteroatoms. The van der Waals surface area contributed by atoms with Crippen LogP contribution in [0.3, 0.4) is 0 Å². The number of amides is 1. The molecular formula is C10H6F3N2O3-. The molecule has 1 aromatic heterocycles. The maximum Gasteiger partial charge on any atom is 0.417 e. The molecule has 0 fully saturated rings. The van der Waals surface area contributed by atoms with Gasteiger partial charge in [-0.25, -0.2) is 0 Å². The van der Waals surface area contributed by atoms with Gasteiger partial charge in [0.05, 0.1) is 17.2 Å². The van der Waals surface area contributed by atoms with E-state index in [2.05, 4.69) is 10.3 Å². The summed E-state index contributed by atoms with van der Waals surface area (Å²) in [6.07, 6.45) is -4.06. The van der Waals surface area contributed by atoms with Gasteiger partial charge in [-0.2, -0.15) is 13.2 Å². The summed E-state index contributed by atoms with van der Waals surface area (Å²) >= 11 is 0. The van der Waals surface area contributed by atoms with Crippen LogP contribution in [-0.2, 0) is 22.3 Å². The van der Waals surface area contributed by atoms with Crippen LogP contribution in [-0.4, -0.2) is 16.9 Å². The molecule has 0 radical (unpaired) electrons. The van der Waals surface area contributed by atoms with Crippen LogP contribution < -0.4 is 10.4 Å². The molecule has 2 heterocycles. The molecule has 0 saturated carbocycles. The summed E-state index contributed by atoms with van der Waals surface area (Å²) in [6.45, 7) is -0.186. The number of aliphatic carboxylic acids is 1. The molecule has 1 aliphatic rings. The van der Waals surface area contributed by atoms with Crippen molar-refractivity contribution in [1.29, 1.82) is 0 Å². The Morgan fingerprint density at radius 2 is 2.17 bits per heavy atom. The highest BCUT2D eigenvalue weighted by atomic mass is 19.4. The first-order chi connectivity index (χ1) is 8.30. The van der Waals surface area contributed by atoms with Crippen molar-refractivity contribution in [1.82, 2.24) is 10.3 Å². The fraction of sp³-hybridized carbons (Fsp3) is 0.300. The van der Waals surface area contributed by atoms with Gasteiger partial charge in [0.1, 0.15) is 5.92 Å². The number of aromatic nitrogens is 1. The molecule has 18 heavy (non-hydrogen) atoms. The van der Waals surface area contributed by atoms with Crippen LogP contribution in [0.1, 0.15) is 22.7 Å². The predicted octanol–water partition coefficient (Wildman–Crippen LogP) is -0.436. The average Bonchev–Trinajstić information content (AvgIpc) is 2.26. The normalized spacial score (nSPS) is 19.1. The maximum atomic E-state index is 12.4. The smallest absolute Gasteiger partial charge is 0.417 e. The van der Waals surface area contributed by atoms with E-state index in [9.17, 15) is 27.9 Å². The Morgan fingerprint density at radius 1 is 1.50 bits per heavy atom. The topological polar surface area (TPSA) is 82.1 Å². The fourth-order valence-corrected chi connectivity index (χ4v) is 1.70. The van der Waals surface area contributed by atoms with Crippen LogP contribution in [0.5, 0.6) is 0 Å². The van der Waals surface area contributed by atoms with E-state index in [0.717, 1.165) is 6.07 Å². The van der Waals surface area contributed by atoms with Crippen LogP contribution in [0.15, 0.2) is 12.3 Å². The number of carbonyl (C=O) groups is 2. The average molecular weight is 259 g/mol. The SMILES string of the molecule is O=C([O-])C1C(=O)NCc2cc(C(F)(F)F)cnc21. The molecule has 0 aromatic carbocycles. The third-order valence-corrected chi connectivity index (χ3v) is 2.55. The molecule has 0 bridgehead atoms. The number of carboxylic acid groups (broad SMARTS) is 1. The molecular weight excluding hydrogens is 253 g/mol. The molecule has 1 amide bonds. The number of hydrogen-bond acceptors (Lipinski definition) is 4. The van der Waals surface area contributed by atoms with Gasteiger partial charge in [-0.15, -0.1) is 0 Å². The van der Waals surface area contributed by atoms with Crippen molar-refractivity contribution in [3.8, 4) is 0 Å². The minimum absolute atomic E-state index is 0.0265. The Morgan fingerprint density at radius 3 is 2.72 bits per heavy atom. The van der Waals surface area contributed by atoms with Crippen molar-refractivity contribution in [3.05, 3.63) is 29.1 Å². The number of hydrogen-bond donors (Lipinski definition) is 1. The highest BCUT2D eigenvalue weighted by Crippen LogP contribution is 2.32. The number of nitrogens with one attached hydrogen (secondary N) is 1. The summed E-state index contributed by atoms with van der Waals surface area (Å²) in [4.78, 5) is 25.5. The van der Waals surface area contributed by atoms with E-state index in [1.807, 2.05) is 0 Å². The number of carbonyl (C=O) groups excluding carboxylic acids is 2. The number of rotatable bonds is 1. The number of carboxylic acids is 1. The quantitative estimate of drug-likeness (QED) is 0.693. The van der Waals surface area contributed by atoms with Crippen molar-refractivity contribution >= 4 is 11.9 Å². The predicted molar refractivity (Wildman–Crippen MR) is 48.8 cm³/mol. The fourth-order valence-electron chi connectivity index (χ4n) is 1.70. The van der Waals surface area contributed by atoms with Crippen LogP contribution in [0, 0.1) is 0 Å². The van der Waals surface area contributed by atoms with Gasteiger partial charge in [0, 0.05) is 12.7 Å². The highest BCUT2D eigenvalue weighted by molar-refractivity contribution is 6.02. The van der Waals surface area contributed by atoms with Crippen LogP contribution in [0.25, 0.3) is 0 Å². The number of pyridine rings is 1. The molecule has 1 aliphatic heterocycles.